The van der Waals surface area contributed by atoms with E-state index in [4.69, 9.17) is 42.6 Å². The molecule has 1 aliphatic rings. The fraction of sp³-hybridized carbons (Fsp3) is 0.436. The van der Waals surface area contributed by atoms with Crippen LogP contribution in [0.25, 0.3) is 0 Å². The second kappa shape index (κ2) is 18.7. The van der Waals surface area contributed by atoms with Crippen LogP contribution in [0.5, 0.6) is 51.7 Å². The minimum Gasteiger partial charge on any atom is -1.00 e. The first-order valence-corrected chi connectivity index (χ1v) is 19.0. The zero-order valence-corrected chi connectivity index (χ0v) is 38.4. The van der Waals surface area contributed by atoms with E-state index in [1.165, 1.54) is 22.3 Å². The molecule has 0 unspecified atom stereocenters. The molecule has 0 bridgehead atoms. The maximum atomic E-state index is 6.45. The number of allylic oxidation sites excluding steroid dienone is 4. The van der Waals surface area contributed by atoms with E-state index in [2.05, 4.69) is 68.9 Å². The Labute approximate surface area is 346 Å². The smallest absolute Gasteiger partial charge is 1.00 e. The summed E-state index contributed by atoms with van der Waals surface area (Å²) in [7, 11) is 11.2. The van der Waals surface area contributed by atoms with E-state index in [1.807, 2.05) is 18.2 Å². The summed E-state index contributed by atoms with van der Waals surface area (Å²) in [6, 6.07) is 5.76. The van der Waals surface area contributed by atoms with E-state index < -0.39 is 11.4 Å². The quantitative estimate of drug-likeness (QED) is 0.133. The monoisotopic (exact) mass is 844 g/mol. The molecule has 1 aliphatic carbocycles. The van der Waals surface area contributed by atoms with Crippen molar-refractivity contribution in [3.63, 3.8) is 0 Å². The van der Waals surface area contributed by atoms with Crippen LogP contribution in [-0.4, -0.2) is 72.1 Å². The Morgan fingerprint density at radius 3 is 0.811 bits per heavy atom. The van der Waals surface area contributed by atoms with Crippen LogP contribution in [0.4, 0.5) is 0 Å². The fourth-order valence-electron chi connectivity index (χ4n) is 8.22. The van der Waals surface area contributed by atoms with Crippen LogP contribution >= 0.6 is 0 Å². The molecule has 9 nitrogen and oxygen atoms in total. The molecule has 0 aromatic heterocycles. The Hall–Kier alpha value is -2.86. The van der Waals surface area contributed by atoms with Gasteiger partial charge >= 0.3 is 311 Å². The van der Waals surface area contributed by atoms with Crippen LogP contribution < -0.4 is 95.4 Å². The number of halogens is 3. The van der Waals surface area contributed by atoms with Crippen molar-refractivity contribution in [1.29, 1.82) is 0 Å². The molecule has 290 valence electrons. The molecule has 0 heterocycles. The second-order valence-corrected chi connectivity index (χ2v) is 18.1. The van der Waals surface area contributed by atoms with Gasteiger partial charge in [0.25, 0.3) is 0 Å². The third-order valence-electron chi connectivity index (χ3n) is 10.8. The van der Waals surface area contributed by atoms with Crippen molar-refractivity contribution >= 4 is 23.6 Å². The molecule has 0 saturated carbocycles. The van der Waals surface area contributed by atoms with Gasteiger partial charge in [-0.05, 0) is 0 Å². The van der Waals surface area contributed by atoms with Gasteiger partial charge in [0.2, 0.25) is 0 Å². The van der Waals surface area contributed by atoms with Crippen molar-refractivity contribution in [1.82, 2.24) is 0 Å². The average Bonchev–Trinajstić information content (AvgIpc) is 3.27. The van der Waals surface area contributed by atoms with Gasteiger partial charge in [-0.2, -0.15) is 0 Å². The summed E-state index contributed by atoms with van der Waals surface area (Å²) >= 11 is 2.35. The van der Waals surface area contributed by atoms with Gasteiger partial charge in [-0.15, -0.1) is 0 Å². The van der Waals surface area contributed by atoms with E-state index in [1.54, 1.807) is 64.0 Å². The number of ether oxygens (including phenoxy) is 9. The summed E-state index contributed by atoms with van der Waals surface area (Å²) in [5.74, 6) is 5.42. The molecule has 3 aromatic carbocycles. The Kier molecular flexibility index (Phi) is 16.9. The molecule has 4 rings (SSSR count). The van der Waals surface area contributed by atoms with E-state index >= 15 is 0 Å². The third kappa shape index (κ3) is 6.86. The molecule has 0 radical (unpaired) electrons. The predicted molar refractivity (Wildman–Crippen MR) is 197 cm³/mol. The Balaban J connectivity index is 0.00000468. The number of hydrogen-bond donors (Lipinski definition) is 0. The van der Waals surface area contributed by atoms with Gasteiger partial charge in [-0.25, -0.2) is 0 Å². The first-order chi connectivity index (χ1) is 23.7. The topological polar surface area (TPSA) is 83.1 Å². The summed E-state index contributed by atoms with van der Waals surface area (Å²) in [4.78, 5) is 0. The first-order valence-electron chi connectivity index (χ1n) is 16.2. The molecule has 0 saturated heterocycles. The maximum absolute atomic E-state index is 6.45. The zero-order valence-electron chi connectivity index (χ0n) is 33.5. The maximum Gasteiger partial charge on any atom is -1.00 e. The van der Waals surface area contributed by atoms with Crippen molar-refractivity contribution in [3.8, 4) is 51.7 Å². The average molecular weight is 846 g/mol. The summed E-state index contributed by atoms with van der Waals surface area (Å²) < 4.78 is 54.9. The van der Waals surface area contributed by atoms with Crippen LogP contribution in [0.3, 0.4) is 0 Å². The Morgan fingerprint density at radius 2 is 0.623 bits per heavy atom. The molecule has 3 aromatic rings. The molecular weight excluding hydrogens is 795 g/mol. The summed E-state index contributed by atoms with van der Waals surface area (Å²) in [6.07, 6.45) is 0. The zero-order chi connectivity index (χ0) is 37.5. The molecule has 53 heavy (non-hydrogen) atoms. The van der Waals surface area contributed by atoms with E-state index in [0.717, 1.165) is 32.3 Å². The van der Waals surface area contributed by atoms with Crippen LogP contribution in [0.1, 0.15) is 44.4 Å². The van der Waals surface area contributed by atoms with Crippen molar-refractivity contribution in [2.45, 2.75) is 51.8 Å². The van der Waals surface area contributed by atoms with Crippen molar-refractivity contribution in [2.24, 2.45) is 0 Å². The van der Waals surface area contributed by atoms with Gasteiger partial charge in [0.1, 0.15) is 0 Å². The summed E-state index contributed by atoms with van der Waals surface area (Å²) in [5, 5.41) is 2.88. The number of hydrogen-bond acceptors (Lipinski definition) is 9. The van der Waals surface area contributed by atoms with Gasteiger partial charge in [0, 0.05) is 0 Å². The Bertz CT molecular complexity index is 1700. The van der Waals surface area contributed by atoms with Gasteiger partial charge in [0.05, 0.1) is 0 Å². The normalized spacial score (nSPS) is 13.3. The van der Waals surface area contributed by atoms with Gasteiger partial charge in [0.15, 0.2) is 0 Å². The molecule has 0 atom stereocenters. The van der Waals surface area contributed by atoms with Crippen molar-refractivity contribution in [3.05, 3.63) is 57.2 Å². The van der Waals surface area contributed by atoms with Crippen molar-refractivity contribution in [2.75, 3.05) is 64.0 Å². The first kappa shape index (κ1) is 48.2. The van der Waals surface area contributed by atoms with Crippen molar-refractivity contribution < 1.29 is 100 Å². The minimum atomic E-state index is -3.80. The third-order valence-corrected chi connectivity index (χ3v) is 19.7. The molecule has 0 aliphatic heterocycles. The number of benzene rings is 3. The molecule has 14 heteroatoms. The Morgan fingerprint density at radius 1 is 0.396 bits per heavy atom. The van der Waals surface area contributed by atoms with Gasteiger partial charge in [-0.1, -0.05) is 0 Å². The van der Waals surface area contributed by atoms with Crippen LogP contribution in [0.2, 0.25) is 3.34 Å². The molecular formula is C39H51Cl3O9SiTi. The molecule has 0 fully saturated rings. The SMILES string of the molecule is COc1cc(OC)c([Si](c2c(OC)cc(OC)c(OC)c2C)(c2c(OC)cc(OC)c(OC)c2C)[C]2([Ti+3])C(C)=C(C)C(C)=C2C)c(C)c1OC.[Cl-].[Cl-].[Cl-]. The predicted octanol–water partition coefficient (Wildman–Crippen LogP) is -2.90. The van der Waals surface area contributed by atoms with Crippen LogP contribution in [-0.2, 0) is 20.4 Å². The number of rotatable bonds is 13. The number of methoxy groups -OCH3 is 9. The largest absolute Gasteiger partial charge is 1.00 e. The fourth-order valence-corrected chi connectivity index (χ4v) is 17.6. The van der Waals surface area contributed by atoms with Crippen LogP contribution in [0, 0.1) is 20.8 Å². The van der Waals surface area contributed by atoms with Gasteiger partial charge < -0.3 is 37.2 Å². The van der Waals surface area contributed by atoms with Gasteiger partial charge in [-0.3, -0.25) is 0 Å². The molecule has 0 amide bonds. The van der Waals surface area contributed by atoms with E-state index in [0.29, 0.717) is 51.7 Å². The second-order valence-electron chi connectivity index (χ2n) is 12.4. The standard InChI is InChI=1S/C39H51O9Si.3ClH.Ti/c1-20-21(2)23(4)36(22(20)3)49(37-24(5)33(46-14)27(40-8)17-30(37)43-11,38-25(6)34(47-15)28(41-9)18-31(38)44-12)39-26(7)35(48-16)29(42-10)19-32(39)45-13;;;;/h17-19H,1-16H3;3*1H;/q;;;;+3/p-3. The minimum absolute atomic E-state index is 0. The summed E-state index contributed by atoms with van der Waals surface area (Å²) in [6.45, 7) is 15.1. The summed E-state index contributed by atoms with van der Waals surface area (Å²) in [5.41, 5.74) is 7.51. The van der Waals surface area contributed by atoms with E-state index in [9.17, 15) is 0 Å². The molecule has 0 N–H and O–H groups in total. The van der Waals surface area contributed by atoms with Crippen LogP contribution in [0.15, 0.2) is 40.5 Å². The molecule has 0 spiro atoms. The van der Waals surface area contributed by atoms with E-state index in [-0.39, 0.29) is 37.2 Å².